The van der Waals surface area contributed by atoms with Crippen molar-refractivity contribution in [3.63, 3.8) is 0 Å². The monoisotopic (exact) mass is 658 g/mol. The fraction of sp³-hybridized carbons (Fsp3) is 0.235. The first-order valence-electron chi connectivity index (χ1n) is 14.3. The number of carbonyl (C=O) groups is 1. The maximum Gasteiger partial charge on any atom is 0.416 e. The predicted molar refractivity (Wildman–Crippen MR) is 165 cm³/mol. The minimum Gasteiger partial charge on any atom is -0.467 e. The average Bonchev–Trinajstić information content (AvgIpc) is 3.02. The quantitative estimate of drug-likeness (QED) is 0.159. The summed E-state index contributed by atoms with van der Waals surface area (Å²) in [7, 11) is 0. The number of likely N-dealkylation sites (tertiary alicyclic amines) is 1. The van der Waals surface area contributed by atoms with Crippen molar-refractivity contribution in [3.8, 4) is 11.5 Å². The van der Waals surface area contributed by atoms with Crippen LogP contribution in [0.1, 0.15) is 39.9 Å². The highest BCUT2D eigenvalue weighted by Gasteiger charge is 2.39. The summed E-state index contributed by atoms with van der Waals surface area (Å²) in [6.07, 6.45) is -9.80. The second kappa shape index (κ2) is 13.8. The molecule has 0 radical (unpaired) electrons. The summed E-state index contributed by atoms with van der Waals surface area (Å²) >= 11 is 5.42. The van der Waals surface area contributed by atoms with Gasteiger partial charge in [-0.2, -0.15) is 26.3 Å². The van der Waals surface area contributed by atoms with Crippen LogP contribution in [0.3, 0.4) is 0 Å². The molecule has 46 heavy (non-hydrogen) atoms. The third-order valence-electron chi connectivity index (χ3n) is 7.43. The van der Waals surface area contributed by atoms with Crippen LogP contribution in [0.2, 0.25) is 0 Å². The molecule has 4 aromatic carbocycles. The largest absolute Gasteiger partial charge is 0.467 e. The van der Waals surface area contributed by atoms with Gasteiger partial charge in [-0.1, -0.05) is 48.5 Å². The summed E-state index contributed by atoms with van der Waals surface area (Å²) < 4.78 is 92.9. The minimum atomic E-state index is -5.07. The third-order valence-corrected chi connectivity index (χ3v) is 7.63. The zero-order valence-electron chi connectivity index (χ0n) is 24.1. The Bertz CT molecular complexity index is 1620. The average molecular weight is 659 g/mol. The number of hydrogen-bond acceptors (Lipinski definition) is 4. The smallest absolute Gasteiger partial charge is 0.416 e. The Kier molecular flexibility index (Phi) is 9.85. The van der Waals surface area contributed by atoms with Crippen LogP contribution in [0.15, 0.2) is 103 Å². The number of para-hydroxylation sites is 1. The molecule has 0 bridgehead atoms. The van der Waals surface area contributed by atoms with Gasteiger partial charge in [-0.25, -0.2) is 0 Å². The normalized spacial score (nSPS) is 16.9. The minimum absolute atomic E-state index is 0.0100. The number of halogens is 6. The van der Waals surface area contributed by atoms with Gasteiger partial charge >= 0.3 is 12.4 Å². The van der Waals surface area contributed by atoms with E-state index in [1.165, 1.54) is 4.90 Å². The van der Waals surface area contributed by atoms with Crippen LogP contribution >= 0.6 is 12.2 Å². The Balaban J connectivity index is 1.29. The molecule has 1 aliphatic heterocycles. The van der Waals surface area contributed by atoms with Gasteiger partial charge < -0.3 is 19.7 Å². The van der Waals surface area contributed by atoms with Crippen LogP contribution in [-0.2, 0) is 23.5 Å². The van der Waals surface area contributed by atoms with Crippen molar-refractivity contribution in [1.82, 2.24) is 4.90 Å². The van der Waals surface area contributed by atoms with Crippen LogP contribution in [0, 0.1) is 0 Å². The fourth-order valence-corrected chi connectivity index (χ4v) is 5.50. The number of nitrogens with one attached hydrogen (secondary N) is 1. The maximum atomic E-state index is 13.6. The Morgan fingerprint density at radius 3 is 1.96 bits per heavy atom. The second-order valence-corrected chi connectivity index (χ2v) is 11.1. The molecule has 5 rings (SSSR count). The van der Waals surface area contributed by atoms with E-state index in [-0.39, 0.29) is 30.6 Å². The maximum absolute atomic E-state index is 13.6. The molecule has 1 saturated heterocycles. The number of ether oxygens (including phenoxy) is 2. The van der Waals surface area contributed by atoms with Crippen LogP contribution in [0.4, 0.5) is 32.0 Å². The highest BCUT2D eigenvalue weighted by atomic mass is 32.1. The number of anilines is 1. The lowest BCUT2D eigenvalue weighted by Gasteiger charge is -2.40. The van der Waals surface area contributed by atoms with Crippen LogP contribution in [0.5, 0.6) is 11.5 Å². The van der Waals surface area contributed by atoms with Crippen molar-refractivity contribution < 1.29 is 40.6 Å². The number of rotatable bonds is 7. The highest BCUT2D eigenvalue weighted by molar-refractivity contribution is 7.80. The van der Waals surface area contributed by atoms with E-state index in [0.29, 0.717) is 35.7 Å². The zero-order chi connectivity index (χ0) is 32.9. The van der Waals surface area contributed by atoms with Crippen molar-refractivity contribution in [3.05, 3.63) is 125 Å². The molecule has 0 saturated carbocycles. The molecular formula is C34H28F6N2O3S. The summed E-state index contributed by atoms with van der Waals surface area (Å²) in [6, 6.07) is 25.7. The SMILES string of the molecule is O=C(c1cc(C(F)(F)F)cc(C(F)(F)F)c1)N1CC[C@H](OC(=S)Nc2ccc(Oc3ccccc3)cc2)C[C@H]1Cc1ccccc1. The lowest BCUT2D eigenvalue weighted by atomic mass is 9.92. The Morgan fingerprint density at radius 2 is 1.37 bits per heavy atom. The van der Waals surface area contributed by atoms with Crippen molar-refractivity contribution in [2.45, 2.75) is 43.8 Å². The van der Waals surface area contributed by atoms with E-state index >= 15 is 0 Å². The lowest BCUT2D eigenvalue weighted by molar-refractivity contribution is -0.143. The van der Waals surface area contributed by atoms with Crippen molar-refractivity contribution in [2.24, 2.45) is 0 Å². The van der Waals surface area contributed by atoms with Crippen LogP contribution in [0.25, 0.3) is 0 Å². The summed E-state index contributed by atoms with van der Waals surface area (Å²) in [6.45, 7) is 0.0345. The Morgan fingerprint density at radius 1 is 0.804 bits per heavy atom. The second-order valence-electron chi connectivity index (χ2n) is 10.8. The molecule has 12 heteroatoms. The van der Waals surface area contributed by atoms with Crippen molar-refractivity contribution in [1.29, 1.82) is 0 Å². The van der Waals surface area contributed by atoms with E-state index in [9.17, 15) is 31.1 Å². The van der Waals surface area contributed by atoms with E-state index in [0.717, 1.165) is 5.56 Å². The molecule has 1 fully saturated rings. The van der Waals surface area contributed by atoms with Crippen LogP contribution in [-0.4, -0.2) is 34.7 Å². The van der Waals surface area contributed by atoms with E-state index < -0.39 is 47.1 Å². The van der Waals surface area contributed by atoms with Gasteiger partial charge in [0, 0.05) is 36.7 Å². The number of hydrogen-bond donors (Lipinski definition) is 1. The molecule has 240 valence electrons. The lowest BCUT2D eigenvalue weighted by Crippen LogP contribution is -2.49. The number of nitrogens with zero attached hydrogens (tertiary/aromatic N) is 1. The number of thiocarbonyl (C=S) groups is 1. The molecule has 1 amide bonds. The molecule has 0 spiro atoms. The van der Waals surface area contributed by atoms with Crippen LogP contribution < -0.4 is 10.1 Å². The molecule has 0 aromatic heterocycles. The molecule has 0 unspecified atom stereocenters. The standard InChI is InChI=1S/C34H28F6N2O3S/c35-33(36,37)24-18-23(19-25(20-24)34(38,39)40)31(43)42-16-15-30(21-27(42)17-22-7-3-1-4-8-22)45-32(46)41-26-11-13-29(14-12-26)44-28-9-5-2-6-10-28/h1-14,18-20,27,30H,15-17,21H2,(H,41,46)/t27-,30+/m1/s1. The van der Waals surface area contributed by atoms with Gasteiger partial charge in [0.05, 0.1) is 11.1 Å². The molecule has 4 aromatic rings. The molecule has 2 atom stereocenters. The fourth-order valence-electron chi connectivity index (χ4n) is 5.24. The summed E-state index contributed by atoms with van der Waals surface area (Å²) in [5.41, 5.74) is -2.29. The van der Waals surface area contributed by atoms with E-state index in [2.05, 4.69) is 5.32 Å². The van der Waals surface area contributed by atoms with Gasteiger partial charge in [0.2, 0.25) is 0 Å². The number of carbonyl (C=O) groups excluding carboxylic acids is 1. The molecule has 1 N–H and O–H groups in total. The predicted octanol–water partition coefficient (Wildman–Crippen LogP) is 9.15. The molecule has 1 aliphatic rings. The van der Waals surface area contributed by atoms with Gasteiger partial charge in [0.15, 0.2) is 0 Å². The number of alkyl halides is 6. The van der Waals surface area contributed by atoms with Crippen molar-refractivity contribution in [2.75, 3.05) is 11.9 Å². The van der Waals surface area contributed by atoms with E-state index in [4.69, 9.17) is 21.7 Å². The third kappa shape index (κ3) is 8.57. The van der Waals surface area contributed by atoms with Gasteiger partial charge in [0.1, 0.15) is 17.6 Å². The van der Waals surface area contributed by atoms with Gasteiger partial charge in [-0.15, -0.1) is 0 Å². The summed E-state index contributed by atoms with van der Waals surface area (Å²) in [5, 5.41) is 3.08. The summed E-state index contributed by atoms with van der Waals surface area (Å²) in [5.74, 6) is 0.382. The van der Waals surface area contributed by atoms with Gasteiger partial charge in [0.25, 0.3) is 11.1 Å². The first-order chi connectivity index (χ1) is 21.8. The van der Waals surface area contributed by atoms with Crippen molar-refractivity contribution >= 4 is 29.0 Å². The molecular weight excluding hydrogens is 630 g/mol. The first-order valence-corrected chi connectivity index (χ1v) is 14.7. The zero-order valence-corrected chi connectivity index (χ0v) is 25.0. The van der Waals surface area contributed by atoms with E-state index in [1.807, 2.05) is 48.5 Å². The molecule has 1 heterocycles. The topological polar surface area (TPSA) is 50.8 Å². The number of amides is 1. The van der Waals surface area contributed by atoms with Gasteiger partial charge in [-0.05, 0) is 78.8 Å². The molecule has 5 nitrogen and oxygen atoms in total. The Labute approximate surface area is 266 Å². The Hall–Kier alpha value is -4.58. The van der Waals surface area contributed by atoms with Gasteiger partial charge in [-0.3, -0.25) is 4.79 Å². The molecule has 0 aliphatic carbocycles. The number of benzene rings is 4. The number of piperidine rings is 1. The first kappa shape index (κ1) is 32.8. The highest BCUT2D eigenvalue weighted by Crippen LogP contribution is 2.37. The summed E-state index contributed by atoms with van der Waals surface area (Å²) in [4.78, 5) is 14.9. The van der Waals surface area contributed by atoms with E-state index in [1.54, 1.807) is 36.4 Å².